The zero-order valence-electron chi connectivity index (χ0n) is 18.2. The summed E-state index contributed by atoms with van der Waals surface area (Å²) >= 11 is 0. The van der Waals surface area contributed by atoms with Crippen LogP contribution in [0.5, 0.6) is 0 Å². The van der Waals surface area contributed by atoms with Crippen LogP contribution in [0.25, 0.3) is 5.95 Å². The van der Waals surface area contributed by atoms with Crippen LogP contribution in [0.1, 0.15) is 53.1 Å². The first kappa shape index (κ1) is 24.4. The van der Waals surface area contributed by atoms with Gasteiger partial charge in [-0.2, -0.15) is 36.0 Å². The molecular formula is C21H19F6N7O. The zero-order chi connectivity index (χ0) is 25.4. The minimum Gasteiger partial charge on any atom is -0.342 e. The molecule has 1 aliphatic heterocycles. The Morgan fingerprint density at radius 1 is 0.943 bits per heavy atom. The summed E-state index contributed by atoms with van der Waals surface area (Å²) in [4.78, 5) is 27.4. The molecule has 4 rings (SSSR count). The molecule has 0 radical (unpaired) electrons. The van der Waals surface area contributed by atoms with Gasteiger partial charge in [0.05, 0.1) is 17.2 Å². The lowest BCUT2D eigenvalue weighted by atomic mass is 10.0. The van der Waals surface area contributed by atoms with Gasteiger partial charge in [0.15, 0.2) is 5.82 Å². The lowest BCUT2D eigenvalue weighted by Gasteiger charge is -2.16. The average Bonchev–Trinajstić information content (AvgIpc) is 3.48. The molecule has 1 atom stereocenters. The van der Waals surface area contributed by atoms with E-state index in [1.807, 2.05) is 4.90 Å². The molecule has 1 N–H and O–H groups in total. The van der Waals surface area contributed by atoms with Crippen molar-refractivity contribution in [2.75, 3.05) is 18.0 Å². The van der Waals surface area contributed by atoms with Gasteiger partial charge in [-0.25, -0.2) is 9.97 Å². The Bertz CT molecular complexity index is 1170. The number of anilines is 1. The van der Waals surface area contributed by atoms with Crippen LogP contribution in [0.4, 0.5) is 32.3 Å². The third kappa shape index (κ3) is 5.35. The van der Waals surface area contributed by atoms with Gasteiger partial charge in [-0.1, -0.05) is 0 Å². The number of aromatic nitrogens is 5. The molecule has 0 unspecified atom stereocenters. The Kier molecular flexibility index (Phi) is 6.38. The largest absolute Gasteiger partial charge is 0.416 e. The van der Waals surface area contributed by atoms with Crippen molar-refractivity contribution in [1.82, 2.24) is 30.0 Å². The molecule has 1 amide bonds. The Balaban J connectivity index is 1.67. The van der Waals surface area contributed by atoms with Crippen LogP contribution in [0.3, 0.4) is 0 Å². The van der Waals surface area contributed by atoms with Crippen LogP contribution in [0, 0.1) is 0 Å². The summed E-state index contributed by atoms with van der Waals surface area (Å²) in [6.45, 7) is 2.90. The molecule has 0 bridgehead atoms. The van der Waals surface area contributed by atoms with Crippen molar-refractivity contribution in [2.45, 2.75) is 38.2 Å². The number of carbonyl (C=O) groups excluding carboxylic acids is 1. The fourth-order valence-electron chi connectivity index (χ4n) is 3.62. The van der Waals surface area contributed by atoms with Gasteiger partial charge in [-0.3, -0.25) is 4.79 Å². The molecule has 186 valence electrons. The molecule has 3 aromatic rings. The molecule has 14 heteroatoms. The molecule has 0 saturated carbocycles. The number of halogens is 6. The highest BCUT2D eigenvalue weighted by atomic mass is 19.4. The Morgan fingerprint density at radius 3 is 2.06 bits per heavy atom. The maximum absolute atomic E-state index is 13.2. The SMILES string of the molecule is C[C@H](NC(=O)c1cc(C(F)(F)F)cc(C(F)(F)F)c1)c1nc(N2CCCC2)nn1-c1ncccn1. The molecule has 35 heavy (non-hydrogen) atoms. The lowest BCUT2D eigenvalue weighted by Crippen LogP contribution is -2.29. The summed E-state index contributed by atoms with van der Waals surface area (Å²) in [5, 5.41) is 6.83. The smallest absolute Gasteiger partial charge is 0.342 e. The molecule has 3 heterocycles. The first-order chi connectivity index (χ1) is 16.4. The Morgan fingerprint density at radius 2 is 1.51 bits per heavy atom. The van der Waals surface area contributed by atoms with Crippen molar-refractivity contribution in [3.63, 3.8) is 0 Å². The van der Waals surface area contributed by atoms with E-state index in [1.165, 1.54) is 24.0 Å². The van der Waals surface area contributed by atoms with E-state index >= 15 is 0 Å². The number of nitrogens with one attached hydrogen (secondary N) is 1. The van der Waals surface area contributed by atoms with Gasteiger partial charge < -0.3 is 10.2 Å². The molecule has 0 spiro atoms. The summed E-state index contributed by atoms with van der Waals surface area (Å²) in [5.41, 5.74) is -3.95. The predicted molar refractivity (Wildman–Crippen MR) is 111 cm³/mol. The molecule has 1 aromatic carbocycles. The van der Waals surface area contributed by atoms with Crippen molar-refractivity contribution in [3.05, 3.63) is 59.2 Å². The first-order valence-corrected chi connectivity index (χ1v) is 10.5. The quantitative estimate of drug-likeness (QED) is 0.530. The molecule has 1 saturated heterocycles. The minimum absolute atomic E-state index is 0.0358. The Hall–Kier alpha value is -3.71. The number of rotatable bonds is 5. The topological polar surface area (TPSA) is 88.8 Å². The molecule has 8 nitrogen and oxygen atoms in total. The summed E-state index contributed by atoms with van der Waals surface area (Å²) in [7, 11) is 0. The van der Waals surface area contributed by atoms with Gasteiger partial charge in [0.2, 0.25) is 5.95 Å². The number of hydrogen-bond donors (Lipinski definition) is 1. The number of amides is 1. The van der Waals surface area contributed by atoms with E-state index in [2.05, 4.69) is 25.4 Å². The molecule has 2 aromatic heterocycles. The summed E-state index contributed by atoms with van der Waals surface area (Å²) in [5.74, 6) is -0.487. The standard InChI is InChI=1S/C21H19F6N7O/c1-12(30-17(35)13-9-14(20(22,23)24)11-15(10-13)21(25,26)27)16-31-19(33-7-2-3-8-33)32-34(16)18-28-5-4-6-29-18/h4-6,9-12H,2-3,7-8H2,1H3,(H,30,35)/t12-/m0/s1. The highest BCUT2D eigenvalue weighted by Gasteiger charge is 2.37. The second kappa shape index (κ2) is 9.15. The third-order valence-electron chi connectivity index (χ3n) is 5.34. The number of nitrogens with zero attached hydrogens (tertiary/aromatic N) is 6. The van der Waals surface area contributed by atoms with Crippen LogP contribution in [-0.4, -0.2) is 43.7 Å². The van der Waals surface area contributed by atoms with E-state index in [0.717, 1.165) is 12.8 Å². The molecular weight excluding hydrogens is 480 g/mol. The number of carbonyl (C=O) groups is 1. The van der Waals surface area contributed by atoms with Crippen molar-refractivity contribution in [2.24, 2.45) is 0 Å². The van der Waals surface area contributed by atoms with Gasteiger partial charge in [0.25, 0.3) is 11.9 Å². The van der Waals surface area contributed by atoms with Gasteiger partial charge >= 0.3 is 12.4 Å². The average molecular weight is 499 g/mol. The van der Waals surface area contributed by atoms with Gasteiger partial charge in [0.1, 0.15) is 0 Å². The third-order valence-corrected chi connectivity index (χ3v) is 5.34. The maximum Gasteiger partial charge on any atom is 0.416 e. The Labute approximate surface area is 195 Å². The van der Waals surface area contributed by atoms with Crippen LogP contribution >= 0.6 is 0 Å². The van der Waals surface area contributed by atoms with Crippen LogP contribution < -0.4 is 10.2 Å². The zero-order valence-corrected chi connectivity index (χ0v) is 18.2. The molecule has 1 aliphatic rings. The fraction of sp³-hybridized carbons (Fsp3) is 0.381. The number of alkyl halides is 6. The molecule has 0 aliphatic carbocycles. The van der Waals surface area contributed by atoms with E-state index in [1.54, 1.807) is 6.07 Å². The summed E-state index contributed by atoms with van der Waals surface area (Å²) in [6, 6.07) is 1.33. The second-order valence-electron chi connectivity index (χ2n) is 7.91. The lowest BCUT2D eigenvalue weighted by molar-refractivity contribution is -0.143. The van der Waals surface area contributed by atoms with Gasteiger partial charge in [-0.05, 0) is 44.0 Å². The van der Waals surface area contributed by atoms with E-state index in [-0.39, 0.29) is 17.8 Å². The summed E-state index contributed by atoms with van der Waals surface area (Å²) < 4.78 is 80.4. The van der Waals surface area contributed by atoms with Crippen molar-refractivity contribution in [3.8, 4) is 5.95 Å². The monoisotopic (exact) mass is 499 g/mol. The van der Waals surface area contributed by atoms with E-state index < -0.39 is 41.0 Å². The van der Waals surface area contributed by atoms with Crippen LogP contribution in [0.15, 0.2) is 36.7 Å². The van der Waals surface area contributed by atoms with Crippen molar-refractivity contribution >= 4 is 11.9 Å². The first-order valence-electron chi connectivity index (χ1n) is 10.5. The second-order valence-corrected chi connectivity index (χ2v) is 7.91. The fourth-order valence-corrected chi connectivity index (χ4v) is 3.62. The van der Waals surface area contributed by atoms with E-state index in [9.17, 15) is 31.1 Å². The minimum atomic E-state index is -5.07. The van der Waals surface area contributed by atoms with Crippen molar-refractivity contribution < 1.29 is 31.1 Å². The summed E-state index contributed by atoms with van der Waals surface area (Å²) in [6.07, 6.45) is -5.33. The van der Waals surface area contributed by atoms with E-state index in [0.29, 0.717) is 31.2 Å². The maximum atomic E-state index is 13.2. The highest BCUT2D eigenvalue weighted by Crippen LogP contribution is 2.36. The molecule has 1 fully saturated rings. The van der Waals surface area contributed by atoms with Crippen LogP contribution in [0.2, 0.25) is 0 Å². The number of benzene rings is 1. The predicted octanol–water partition coefficient (Wildman–Crippen LogP) is 4.19. The van der Waals surface area contributed by atoms with Gasteiger partial charge in [0, 0.05) is 31.0 Å². The number of hydrogen-bond acceptors (Lipinski definition) is 6. The van der Waals surface area contributed by atoms with Gasteiger partial charge in [-0.15, -0.1) is 5.10 Å². The highest BCUT2D eigenvalue weighted by molar-refractivity contribution is 5.94. The van der Waals surface area contributed by atoms with Crippen molar-refractivity contribution in [1.29, 1.82) is 0 Å². The van der Waals surface area contributed by atoms with Crippen LogP contribution in [-0.2, 0) is 12.4 Å². The normalized spacial score (nSPS) is 15.3. The van der Waals surface area contributed by atoms with E-state index in [4.69, 9.17) is 0 Å².